The summed E-state index contributed by atoms with van der Waals surface area (Å²) < 4.78 is 14.4. The van der Waals surface area contributed by atoms with Crippen LogP contribution >= 0.6 is 15.9 Å². The molecule has 2 aliphatic rings. The molecule has 3 rings (SSSR count). The average molecular weight is 454 g/mol. The van der Waals surface area contributed by atoms with Gasteiger partial charge < -0.3 is 15.5 Å². The number of hydrogen-bond donors (Lipinski definition) is 2. The topological polar surface area (TPSA) is 61.4 Å². The van der Waals surface area contributed by atoms with Crippen molar-refractivity contribution < 1.29 is 14.0 Å². The molecule has 1 saturated carbocycles. The minimum absolute atomic E-state index is 0.186. The van der Waals surface area contributed by atoms with E-state index in [0.717, 1.165) is 38.8 Å². The SMILES string of the molecule is O=C(CCN1CCC(NC(=O)C2CCCCC2)CC1)Nc1ccc(Br)cc1F. The summed E-state index contributed by atoms with van der Waals surface area (Å²) in [6.07, 6.45) is 7.81. The number of carbonyl (C=O) groups is 2. The predicted octanol–water partition coefficient (Wildman–Crippen LogP) is 4.08. The first-order valence-electron chi connectivity index (χ1n) is 10.3. The largest absolute Gasteiger partial charge is 0.353 e. The molecule has 1 saturated heterocycles. The number of likely N-dealkylation sites (tertiary alicyclic amines) is 1. The van der Waals surface area contributed by atoms with Gasteiger partial charge in [0, 0.05) is 42.5 Å². The van der Waals surface area contributed by atoms with Gasteiger partial charge >= 0.3 is 0 Å². The van der Waals surface area contributed by atoms with Crippen LogP contribution < -0.4 is 10.6 Å². The molecule has 2 N–H and O–H groups in total. The molecule has 1 aliphatic heterocycles. The lowest BCUT2D eigenvalue weighted by Crippen LogP contribution is -2.47. The molecule has 1 aromatic carbocycles. The van der Waals surface area contributed by atoms with Gasteiger partial charge in [0.25, 0.3) is 0 Å². The van der Waals surface area contributed by atoms with Crippen LogP contribution in [-0.4, -0.2) is 42.4 Å². The Kier molecular flexibility index (Phi) is 7.85. The molecule has 1 aromatic rings. The van der Waals surface area contributed by atoms with E-state index < -0.39 is 5.82 Å². The third-order valence-electron chi connectivity index (χ3n) is 5.77. The summed E-state index contributed by atoms with van der Waals surface area (Å²) in [4.78, 5) is 26.7. The minimum atomic E-state index is -0.447. The fourth-order valence-electron chi connectivity index (χ4n) is 4.05. The summed E-state index contributed by atoms with van der Waals surface area (Å²) in [5.74, 6) is -0.199. The van der Waals surface area contributed by atoms with E-state index in [1.54, 1.807) is 12.1 Å². The normalized spacial score (nSPS) is 19.4. The van der Waals surface area contributed by atoms with Crippen LogP contribution in [-0.2, 0) is 9.59 Å². The van der Waals surface area contributed by atoms with E-state index in [1.807, 2.05) is 0 Å². The molecule has 0 bridgehead atoms. The van der Waals surface area contributed by atoms with Crippen LogP contribution in [0.15, 0.2) is 22.7 Å². The van der Waals surface area contributed by atoms with Crippen molar-refractivity contribution in [3.8, 4) is 0 Å². The van der Waals surface area contributed by atoms with Crippen molar-refractivity contribution in [3.05, 3.63) is 28.5 Å². The molecule has 0 radical (unpaired) electrons. The number of carbonyl (C=O) groups excluding carboxylic acids is 2. The van der Waals surface area contributed by atoms with Crippen LogP contribution in [0, 0.1) is 11.7 Å². The van der Waals surface area contributed by atoms with E-state index in [2.05, 4.69) is 31.5 Å². The molecule has 28 heavy (non-hydrogen) atoms. The number of amides is 2. The number of nitrogens with zero attached hydrogens (tertiary/aromatic N) is 1. The van der Waals surface area contributed by atoms with Gasteiger partial charge in [-0.1, -0.05) is 35.2 Å². The lowest BCUT2D eigenvalue weighted by atomic mass is 9.88. The number of halogens is 2. The molecule has 5 nitrogen and oxygen atoms in total. The van der Waals surface area contributed by atoms with Crippen molar-refractivity contribution in [1.82, 2.24) is 10.2 Å². The van der Waals surface area contributed by atoms with Crippen molar-refractivity contribution in [1.29, 1.82) is 0 Å². The Labute approximate surface area is 174 Å². The van der Waals surface area contributed by atoms with E-state index in [-0.39, 0.29) is 29.5 Å². The third kappa shape index (κ3) is 6.27. The molecule has 7 heteroatoms. The first-order chi connectivity index (χ1) is 13.5. The Morgan fingerprint density at radius 2 is 1.82 bits per heavy atom. The fourth-order valence-corrected chi connectivity index (χ4v) is 4.38. The number of benzene rings is 1. The quantitative estimate of drug-likeness (QED) is 0.681. The van der Waals surface area contributed by atoms with Crippen molar-refractivity contribution in [2.45, 2.75) is 57.4 Å². The molecule has 0 unspecified atom stereocenters. The van der Waals surface area contributed by atoms with Crippen molar-refractivity contribution in [2.24, 2.45) is 5.92 Å². The van der Waals surface area contributed by atoms with Gasteiger partial charge in [0.1, 0.15) is 5.82 Å². The second kappa shape index (κ2) is 10.3. The Morgan fingerprint density at radius 3 is 2.50 bits per heavy atom. The summed E-state index contributed by atoms with van der Waals surface area (Å²) in [5.41, 5.74) is 0.206. The molecule has 154 valence electrons. The molecular formula is C21H29BrFN3O2. The zero-order valence-electron chi connectivity index (χ0n) is 16.2. The van der Waals surface area contributed by atoms with Gasteiger partial charge in [-0.2, -0.15) is 0 Å². The lowest BCUT2D eigenvalue weighted by Gasteiger charge is -2.33. The van der Waals surface area contributed by atoms with E-state index in [4.69, 9.17) is 0 Å². The van der Waals surface area contributed by atoms with E-state index in [0.29, 0.717) is 17.4 Å². The maximum atomic E-state index is 13.8. The summed E-state index contributed by atoms with van der Waals surface area (Å²) in [5, 5.41) is 5.86. The molecule has 0 aromatic heterocycles. The monoisotopic (exact) mass is 453 g/mol. The Morgan fingerprint density at radius 1 is 1.11 bits per heavy atom. The van der Waals surface area contributed by atoms with Gasteiger partial charge in [-0.15, -0.1) is 0 Å². The highest BCUT2D eigenvalue weighted by atomic mass is 79.9. The molecule has 2 amide bonds. The number of rotatable bonds is 6. The Balaban J connectivity index is 1.35. The predicted molar refractivity (Wildman–Crippen MR) is 112 cm³/mol. The van der Waals surface area contributed by atoms with Crippen molar-refractivity contribution >= 4 is 33.4 Å². The average Bonchev–Trinajstić information content (AvgIpc) is 2.70. The van der Waals surface area contributed by atoms with Crippen molar-refractivity contribution in [2.75, 3.05) is 25.0 Å². The van der Waals surface area contributed by atoms with Gasteiger partial charge in [0.15, 0.2) is 0 Å². The zero-order chi connectivity index (χ0) is 19.9. The van der Waals surface area contributed by atoms with Gasteiger partial charge in [-0.3, -0.25) is 9.59 Å². The zero-order valence-corrected chi connectivity index (χ0v) is 17.8. The van der Waals surface area contributed by atoms with Crippen LogP contribution in [0.1, 0.15) is 51.4 Å². The summed E-state index contributed by atoms with van der Waals surface area (Å²) in [7, 11) is 0. The van der Waals surface area contributed by atoms with Crippen LogP contribution in [0.25, 0.3) is 0 Å². The van der Waals surface area contributed by atoms with Crippen molar-refractivity contribution in [3.63, 3.8) is 0 Å². The molecule has 1 heterocycles. The second-order valence-electron chi connectivity index (χ2n) is 7.88. The number of hydrogen-bond acceptors (Lipinski definition) is 3. The van der Waals surface area contributed by atoms with Gasteiger partial charge in [-0.05, 0) is 43.9 Å². The van der Waals surface area contributed by atoms with Crippen LogP contribution in [0.5, 0.6) is 0 Å². The highest BCUT2D eigenvalue weighted by molar-refractivity contribution is 9.10. The van der Waals surface area contributed by atoms with E-state index in [9.17, 15) is 14.0 Å². The smallest absolute Gasteiger partial charge is 0.225 e. The van der Waals surface area contributed by atoms with Gasteiger partial charge in [0.2, 0.25) is 11.8 Å². The van der Waals surface area contributed by atoms with Crippen LogP contribution in [0.4, 0.5) is 10.1 Å². The maximum Gasteiger partial charge on any atom is 0.225 e. The van der Waals surface area contributed by atoms with Crippen LogP contribution in [0.3, 0.4) is 0 Å². The van der Waals surface area contributed by atoms with Gasteiger partial charge in [0.05, 0.1) is 5.69 Å². The number of nitrogens with one attached hydrogen (secondary N) is 2. The Hall–Kier alpha value is -1.47. The third-order valence-corrected chi connectivity index (χ3v) is 6.26. The molecule has 0 spiro atoms. The number of piperidine rings is 1. The highest BCUT2D eigenvalue weighted by Crippen LogP contribution is 2.24. The molecular weight excluding hydrogens is 425 g/mol. The first-order valence-corrected chi connectivity index (χ1v) is 11.1. The second-order valence-corrected chi connectivity index (χ2v) is 8.80. The molecule has 1 aliphatic carbocycles. The highest BCUT2D eigenvalue weighted by Gasteiger charge is 2.25. The first kappa shape index (κ1) is 21.2. The molecule has 0 atom stereocenters. The Bertz CT molecular complexity index is 686. The molecule has 2 fully saturated rings. The van der Waals surface area contributed by atoms with E-state index >= 15 is 0 Å². The summed E-state index contributed by atoms with van der Waals surface area (Å²) in [6.45, 7) is 2.39. The summed E-state index contributed by atoms with van der Waals surface area (Å²) >= 11 is 3.20. The maximum absolute atomic E-state index is 13.8. The van der Waals surface area contributed by atoms with E-state index in [1.165, 1.54) is 25.3 Å². The fraction of sp³-hybridized carbons (Fsp3) is 0.619. The van der Waals surface area contributed by atoms with Gasteiger partial charge in [-0.25, -0.2) is 4.39 Å². The number of anilines is 1. The van der Waals surface area contributed by atoms with Crippen LogP contribution in [0.2, 0.25) is 0 Å². The lowest BCUT2D eigenvalue weighted by molar-refractivity contribution is -0.127. The summed E-state index contributed by atoms with van der Waals surface area (Å²) in [6, 6.07) is 4.83. The standard InChI is InChI=1S/C21H29BrFN3O2/c22-16-6-7-19(18(23)14-16)25-20(27)10-13-26-11-8-17(9-12-26)24-21(28)15-4-2-1-3-5-15/h6-7,14-15,17H,1-5,8-13H2,(H,24,28)(H,25,27). The minimum Gasteiger partial charge on any atom is -0.353 e.